The molecular weight excluding hydrogens is 1080 g/mol. The number of aromatic nitrogens is 2. The standard InChI is InChI=1S/C52H52F4N10O15/c1-3-51(79)29-14-34-44-27(21-65(34)49(77)28(29)22-80-50(51)78)43-31(10-9-26-24(2)30(53)15-32(63-44)42(26)43)64-48(76)45(52(54,55)56)81-23-61-37(68)18-59-46(74)33(13-25-7-5-4-6-8-25)62-38(69)19-58-36(67)17-60-47(75)35(16-57-20-41(72)73)66-39(70)11-12-40(66)71/h4-8,11-12,14-15,31,33,35,45,57,79H,3,9-10,13,16-23H2,1-2H3,(H,58,67)(H,59,74)(H,60,75)(H,61,68)(H,62,69)(H,64,76)(H,72,73)/t31-,33+,35?,45?,51+/m1/s1. The summed E-state index contributed by atoms with van der Waals surface area (Å²) in [6, 6.07) is 6.52. The maximum Gasteiger partial charge on any atom is 0.423 e. The number of alkyl halides is 3. The van der Waals surface area contributed by atoms with Crippen LogP contribution in [0.4, 0.5) is 17.6 Å². The number of hydrogen-bond donors (Lipinski definition) is 9. The molecule has 2 aromatic carbocycles. The number of carboxylic acids is 1. The second kappa shape index (κ2) is 23.8. The molecule has 25 nitrogen and oxygen atoms in total. The van der Waals surface area contributed by atoms with E-state index in [4.69, 9.17) is 19.6 Å². The number of ether oxygens (including phenoxy) is 2. The van der Waals surface area contributed by atoms with Gasteiger partial charge in [-0.25, -0.2) is 14.2 Å². The average Bonchev–Trinajstić information content (AvgIpc) is 2.31. The highest BCUT2D eigenvalue weighted by Gasteiger charge is 2.49. The van der Waals surface area contributed by atoms with Gasteiger partial charge in [0.1, 0.15) is 31.2 Å². The van der Waals surface area contributed by atoms with Gasteiger partial charge in [0.05, 0.1) is 61.2 Å². The summed E-state index contributed by atoms with van der Waals surface area (Å²) in [6.45, 7) is -2.34. The van der Waals surface area contributed by atoms with Crippen LogP contribution in [0.15, 0.2) is 59.4 Å². The summed E-state index contributed by atoms with van der Waals surface area (Å²) in [5.41, 5.74) is -0.720. The Morgan fingerprint density at radius 2 is 1.53 bits per heavy atom. The van der Waals surface area contributed by atoms with Crippen molar-refractivity contribution < 1.29 is 85.2 Å². The Labute approximate surface area is 455 Å². The van der Waals surface area contributed by atoms with E-state index in [2.05, 4.69) is 31.9 Å². The molecule has 2 aromatic heterocycles. The number of rotatable bonds is 22. The lowest BCUT2D eigenvalue weighted by Gasteiger charge is -2.31. The van der Waals surface area contributed by atoms with Crippen molar-refractivity contribution in [3.63, 3.8) is 0 Å². The molecule has 428 valence electrons. The highest BCUT2D eigenvalue weighted by atomic mass is 19.4. The summed E-state index contributed by atoms with van der Waals surface area (Å²) in [6.07, 6.45) is -7.03. The van der Waals surface area contributed by atoms with Crippen molar-refractivity contribution in [1.82, 2.24) is 51.7 Å². The van der Waals surface area contributed by atoms with E-state index in [1.54, 1.807) is 30.3 Å². The van der Waals surface area contributed by atoms with E-state index in [1.807, 2.05) is 5.32 Å². The topological polar surface area (TPSA) is 352 Å². The monoisotopic (exact) mass is 1130 g/mol. The number of hydrogen-bond acceptors (Lipinski definition) is 16. The van der Waals surface area contributed by atoms with E-state index in [0.717, 1.165) is 18.2 Å². The number of fused-ring (bicyclic) bond motifs is 5. The fourth-order valence-corrected chi connectivity index (χ4v) is 9.99. The number of aliphatic carboxylic acids is 1. The number of amides is 8. The predicted molar refractivity (Wildman–Crippen MR) is 269 cm³/mol. The van der Waals surface area contributed by atoms with Crippen molar-refractivity contribution in [3.8, 4) is 11.4 Å². The van der Waals surface area contributed by atoms with Crippen LogP contribution in [0.3, 0.4) is 0 Å². The van der Waals surface area contributed by atoms with Gasteiger partial charge < -0.3 is 61.5 Å². The van der Waals surface area contributed by atoms with E-state index >= 15 is 4.39 Å². The molecule has 3 aliphatic heterocycles. The van der Waals surface area contributed by atoms with Crippen molar-refractivity contribution >= 4 is 70.1 Å². The van der Waals surface area contributed by atoms with E-state index in [0.29, 0.717) is 27.0 Å². The van der Waals surface area contributed by atoms with Crippen molar-refractivity contribution in [2.24, 2.45) is 0 Å². The predicted octanol–water partition coefficient (Wildman–Crippen LogP) is -1.30. The molecule has 81 heavy (non-hydrogen) atoms. The Kier molecular flexibility index (Phi) is 17.1. The molecule has 0 fully saturated rings. The minimum Gasteiger partial charge on any atom is -0.480 e. The lowest BCUT2D eigenvalue weighted by molar-refractivity contribution is -0.220. The number of pyridine rings is 2. The van der Waals surface area contributed by atoms with E-state index in [-0.39, 0.29) is 71.4 Å². The van der Waals surface area contributed by atoms with E-state index < -0.39 is 153 Å². The third kappa shape index (κ3) is 12.3. The van der Waals surface area contributed by atoms with Gasteiger partial charge in [-0.05, 0) is 54.5 Å². The molecule has 0 bridgehead atoms. The largest absolute Gasteiger partial charge is 0.480 e. The summed E-state index contributed by atoms with van der Waals surface area (Å²) < 4.78 is 70.8. The number of carbonyl (C=O) groups excluding carboxylic acids is 9. The van der Waals surface area contributed by atoms with Crippen LogP contribution in [0.25, 0.3) is 22.3 Å². The fraction of sp³-hybridized carbons (Fsp3) is 0.385. The van der Waals surface area contributed by atoms with Crippen LogP contribution >= 0.6 is 0 Å². The highest BCUT2D eigenvalue weighted by molar-refractivity contribution is 6.15. The van der Waals surface area contributed by atoms with Crippen molar-refractivity contribution in [2.75, 3.05) is 39.5 Å². The average molecular weight is 1130 g/mol. The molecule has 4 aliphatic rings. The Hall–Kier alpha value is -8.96. The number of aryl methyl sites for hydroxylation is 1. The number of halogens is 4. The molecule has 5 heterocycles. The molecule has 0 saturated heterocycles. The molecule has 5 atom stereocenters. The van der Waals surface area contributed by atoms with Gasteiger partial charge in [-0.1, -0.05) is 37.3 Å². The minimum atomic E-state index is -5.36. The number of aliphatic hydroxyl groups is 1. The number of benzene rings is 2. The summed E-state index contributed by atoms with van der Waals surface area (Å²) in [5.74, 6) is -11.3. The van der Waals surface area contributed by atoms with Crippen LogP contribution in [0.2, 0.25) is 0 Å². The maximum atomic E-state index is 15.4. The van der Waals surface area contributed by atoms with Gasteiger partial charge in [0.25, 0.3) is 23.3 Å². The number of nitrogens with one attached hydrogen (secondary N) is 7. The zero-order valence-corrected chi connectivity index (χ0v) is 43.0. The van der Waals surface area contributed by atoms with Gasteiger partial charge in [-0.3, -0.25) is 52.8 Å². The Morgan fingerprint density at radius 1 is 0.864 bits per heavy atom. The zero-order chi connectivity index (χ0) is 58.7. The lowest BCUT2D eigenvalue weighted by Crippen LogP contribution is -2.56. The van der Waals surface area contributed by atoms with Crippen LogP contribution in [0.5, 0.6) is 0 Å². The molecule has 8 rings (SSSR count). The number of cyclic esters (lactones) is 1. The Balaban J connectivity index is 0.885. The first kappa shape index (κ1) is 58.2. The van der Waals surface area contributed by atoms with Gasteiger partial charge >= 0.3 is 18.1 Å². The first-order chi connectivity index (χ1) is 38.4. The van der Waals surface area contributed by atoms with Gasteiger partial charge in [0, 0.05) is 47.7 Å². The second-order valence-corrected chi connectivity index (χ2v) is 19.2. The molecule has 1 aliphatic carbocycles. The number of carboxylic acid groups (broad SMARTS) is 1. The third-order valence-electron chi connectivity index (χ3n) is 14.0. The summed E-state index contributed by atoms with van der Waals surface area (Å²) in [7, 11) is 0. The quantitative estimate of drug-likeness (QED) is 0.0168. The van der Waals surface area contributed by atoms with Crippen molar-refractivity contribution in [3.05, 3.63) is 110 Å². The van der Waals surface area contributed by atoms with E-state index in [1.165, 1.54) is 24.5 Å². The van der Waals surface area contributed by atoms with Crippen LogP contribution in [-0.2, 0) is 89.0 Å². The Morgan fingerprint density at radius 3 is 2.20 bits per heavy atom. The first-order valence-electron chi connectivity index (χ1n) is 25.1. The summed E-state index contributed by atoms with van der Waals surface area (Å²) >= 11 is 0. The van der Waals surface area contributed by atoms with Crippen LogP contribution in [0.1, 0.15) is 64.8 Å². The summed E-state index contributed by atoms with van der Waals surface area (Å²) in [4.78, 5) is 146. The van der Waals surface area contributed by atoms with Crippen molar-refractivity contribution in [2.45, 2.75) is 88.7 Å². The SMILES string of the molecule is CC[C@@]1(O)C(=O)OCc2c1cc1n(c2=O)Cc2c-1nc1cc(F)c(C)c3c1c2[C@H](NC(=O)C(OCNC(=O)CNC(=O)[C@H](Cc1ccccc1)NC(=O)CNC(=O)CNC(=O)C(CNCC(=O)O)N1C(=O)C=CC1=O)C(F)(F)F)CC3. The van der Waals surface area contributed by atoms with Crippen LogP contribution in [0, 0.1) is 12.7 Å². The van der Waals surface area contributed by atoms with E-state index in [9.17, 15) is 71.0 Å². The zero-order valence-electron chi connectivity index (χ0n) is 43.0. The lowest BCUT2D eigenvalue weighted by atomic mass is 9.81. The van der Waals surface area contributed by atoms with Gasteiger partial charge in [-0.15, -0.1) is 0 Å². The third-order valence-corrected chi connectivity index (χ3v) is 14.0. The van der Waals surface area contributed by atoms with Gasteiger partial charge in [0.2, 0.25) is 35.6 Å². The van der Waals surface area contributed by atoms with Gasteiger partial charge in [0.15, 0.2) is 5.60 Å². The molecule has 9 N–H and O–H groups in total. The van der Waals surface area contributed by atoms with Gasteiger partial charge in [-0.2, -0.15) is 13.2 Å². The molecule has 0 spiro atoms. The molecule has 4 aromatic rings. The number of carbonyl (C=O) groups is 10. The molecule has 29 heteroatoms. The molecular formula is C52H52F4N10O15. The van der Waals surface area contributed by atoms with Crippen LogP contribution < -0.4 is 42.8 Å². The fourth-order valence-electron chi connectivity index (χ4n) is 9.99. The molecule has 0 saturated carbocycles. The van der Waals surface area contributed by atoms with Crippen LogP contribution in [-0.4, -0.2) is 148 Å². The Bertz CT molecular complexity index is 3370. The molecule has 2 unspecified atom stereocenters. The number of imide groups is 1. The first-order valence-corrected chi connectivity index (χ1v) is 25.1. The maximum absolute atomic E-state index is 15.4. The minimum absolute atomic E-state index is 0.000968. The smallest absolute Gasteiger partial charge is 0.423 e. The number of esters is 1. The highest BCUT2D eigenvalue weighted by Crippen LogP contribution is 2.46. The number of nitrogens with zero attached hydrogens (tertiary/aromatic N) is 3. The second-order valence-electron chi connectivity index (χ2n) is 19.2. The normalized spacial score (nSPS) is 17.9. The molecule has 0 radical (unpaired) electrons. The summed E-state index contributed by atoms with van der Waals surface area (Å²) in [5, 5.41) is 36.5. The molecule has 8 amide bonds. The van der Waals surface area contributed by atoms with Crippen molar-refractivity contribution in [1.29, 1.82) is 0 Å².